The van der Waals surface area contributed by atoms with Gasteiger partial charge in [0.05, 0.1) is 33.6 Å². The second-order valence-corrected chi connectivity index (χ2v) is 9.22. The molecule has 3 heterocycles. The minimum absolute atomic E-state index is 0.172. The summed E-state index contributed by atoms with van der Waals surface area (Å²) in [4.78, 5) is 24.4. The Balaban J connectivity index is 1.64. The number of aromatic nitrogens is 2. The van der Waals surface area contributed by atoms with E-state index in [0.717, 1.165) is 22.8 Å². The maximum Gasteiger partial charge on any atom is 0.417 e. The molecule has 2 bridgehead atoms. The molecule has 3 aliphatic rings. The molecule has 6 rings (SSSR count). The fraction of sp³-hybridized carbons (Fsp3) is 0.269. The topological polar surface area (TPSA) is 46.1 Å². The SMILES string of the molecule is C=C1CCC2CN(C(=O)c3cccc(C(F)(F)F)c3Cl)[C@@H]1c1nc(C)nc(-c3ccc(F)cc3)c12. The number of nitrogens with zero attached hydrogens (tertiary/aromatic N) is 3. The second-order valence-electron chi connectivity index (χ2n) is 8.84. The Morgan fingerprint density at radius 3 is 2.54 bits per heavy atom. The predicted octanol–water partition coefficient (Wildman–Crippen LogP) is 6.89. The van der Waals surface area contributed by atoms with Crippen LogP contribution in [0.4, 0.5) is 17.6 Å². The first kappa shape index (κ1) is 23.5. The van der Waals surface area contributed by atoms with E-state index >= 15 is 0 Å². The highest BCUT2D eigenvalue weighted by atomic mass is 35.5. The number of carbonyl (C=O) groups is 1. The number of carbonyl (C=O) groups excluding carboxylic acids is 1. The molecule has 2 atom stereocenters. The molecule has 180 valence electrons. The van der Waals surface area contributed by atoms with Crippen molar-refractivity contribution < 1.29 is 22.4 Å². The molecule has 2 aromatic carbocycles. The summed E-state index contributed by atoms with van der Waals surface area (Å²) in [5.41, 5.74) is 2.34. The summed E-state index contributed by atoms with van der Waals surface area (Å²) in [7, 11) is 0. The molecular formula is C26H20ClF4N3O. The van der Waals surface area contributed by atoms with Crippen LogP contribution in [0.15, 0.2) is 54.6 Å². The van der Waals surface area contributed by atoms with Crippen molar-refractivity contribution in [2.75, 3.05) is 6.54 Å². The maximum atomic E-state index is 13.6. The number of alkyl halides is 3. The van der Waals surface area contributed by atoms with Crippen LogP contribution in [0.25, 0.3) is 11.3 Å². The Hall–Kier alpha value is -3.26. The molecule has 4 nitrogen and oxygen atoms in total. The van der Waals surface area contributed by atoms with Crippen molar-refractivity contribution in [3.05, 3.63) is 93.7 Å². The minimum Gasteiger partial charge on any atom is -0.326 e. The largest absolute Gasteiger partial charge is 0.417 e. The molecule has 0 radical (unpaired) electrons. The lowest BCUT2D eigenvalue weighted by molar-refractivity contribution is -0.137. The minimum atomic E-state index is -4.68. The van der Waals surface area contributed by atoms with Crippen molar-refractivity contribution in [1.29, 1.82) is 0 Å². The zero-order valence-electron chi connectivity index (χ0n) is 18.7. The van der Waals surface area contributed by atoms with Gasteiger partial charge in [-0.1, -0.05) is 24.2 Å². The van der Waals surface area contributed by atoms with E-state index in [1.807, 2.05) is 0 Å². The Morgan fingerprint density at radius 2 is 1.86 bits per heavy atom. The maximum absolute atomic E-state index is 13.6. The third-order valence-corrected chi connectivity index (χ3v) is 7.00. The molecule has 0 spiro atoms. The molecule has 9 heteroatoms. The van der Waals surface area contributed by atoms with Crippen molar-refractivity contribution in [3.8, 4) is 11.3 Å². The molecule has 35 heavy (non-hydrogen) atoms. The van der Waals surface area contributed by atoms with Crippen LogP contribution in [-0.2, 0) is 6.18 Å². The van der Waals surface area contributed by atoms with Crippen LogP contribution in [0.1, 0.15) is 57.8 Å². The fourth-order valence-electron chi connectivity index (χ4n) is 5.04. The average Bonchev–Trinajstić information content (AvgIpc) is 3.05. The van der Waals surface area contributed by atoms with E-state index in [0.29, 0.717) is 30.1 Å². The number of hydrogen-bond acceptors (Lipinski definition) is 3. The number of fused-ring (bicyclic) bond motifs is 3. The van der Waals surface area contributed by atoms with Gasteiger partial charge in [-0.05, 0) is 61.7 Å². The first-order valence-electron chi connectivity index (χ1n) is 11.0. The van der Waals surface area contributed by atoms with Gasteiger partial charge in [0.25, 0.3) is 5.91 Å². The Labute approximate surface area is 204 Å². The molecule has 3 aromatic rings. The average molecular weight is 502 g/mol. The van der Waals surface area contributed by atoms with E-state index in [9.17, 15) is 22.4 Å². The number of rotatable bonds is 2. The van der Waals surface area contributed by atoms with E-state index in [1.54, 1.807) is 19.1 Å². The number of amides is 1. The number of benzene rings is 2. The smallest absolute Gasteiger partial charge is 0.326 e. The van der Waals surface area contributed by atoms with Crippen LogP contribution >= 0.6 is 11.6 Å². The van der Waals surface area contributed by atoms with Crippen LogP contribution in [0.3, 0.4) is 0 Å². The summed E-state index contributed by atoms with van der Waals surface area (Å²) < 4.78 is 53.8. The van der Waals surface area contributed by atoms with Crippen LogP contribution in [0.5, 0.6) is 0 Å². The van der Waals surface area contributed by atoms with E-state index < -0.39 is 28.7 Å². The normalized spacial score (nSPS) is 19.5. The quantitative estimate of drug-likeness (QED) is 0.283. The van der Waals surface area contributed by atoms with Crippen LogP contribution in [-0.4, -0.2) is 27.3 Å². The van der Waals surface area contributed by atoms with Gasteiger partial charge in [0.15, 0.2) is 0 Å². The summed E-state index contributed by atoms with van der Waals surface area (Å²) >= 11 is 6.08. The Morgan fingerprint density at radius 1 is 1.14 bits per heavy atom. The van der Waals surface area contributed by atoms with Crippen molar-refractivity contribution in [2.45, 2.75) is 37.9 Å². The monoisotopic (exact) mass is 501 g/mol. The first-order valence-corrected chi connectivity index (χ1v) is 11.4. The van der Waals surface area contributed by atoms with E-state index in [2.05, 4.69) is 16.5 Å². The van der Waals surface area contributed by atoms with Gasteiger partial charge in [-0.15, -0.1) is 0 Å². The number of halogens is 5. The molecule has 0 N–H and O–H groups in total. The Bertz CT molecular complexity index is 1350. The van der Waals surface area contributed by atoms with E-state index in [4.69, 9.17) is 11.6 Å². The second kappa shape index (κ2) is 8.45. The summed E-state index contributed by atoms with van der Waals surface area (Å²) in [6, 6.07) is 8.72. The summed E-state index contributed by atoms with van der Waals surface area (Å²) in [6.45, 7) is 6.16. The summed E-state index contributed by atoms with van der Waals surface area (Å²) in [5.74, 6) is -0.678. The van der Waals surface area contributed by atoms with Crippen molar-refractivity contribution in [2.24, 2.45) is 0 Å². The van der Waals surface area contributed by atoms with Gasteiger partial charge in [-0.25, -0.2) is 14.4 Å². The van der Waals surface area contributed by atoms with Gasteiger partial charge in [0.1, 0.15) is 11.6 Å². The highest BCUT2D eigenvalue weighted by Gasteiger charge is 2.44. The molecule has 1 amide bonds. The highest BCUT2D eigenvalue weighted by molar-refractivity contribution is 6.34. The third-order valence-electron chi connectivity index (χ3n) is 6.60. The lowest BCUT2D eigenvalue weighted by Gasteiger charge is -2.39. The zero-order chi connectivity index (χ0) is 25.1. The number of hydrogen-bond donors (Lipinski definition) is 0. The molecule has 1 fully saturated rings. The van der Waals surface area contributed by atoms with E-state index in [-0.39, 0.29) is 23.8 Å². The van der Waals surface area contributed by atoms with Crippen molar-refractivity contribution >= 4 is 17.5 Å². The van der Waals surface area contributed by atoms with Gasteiger partial charge >= 0.3 is 6.18 Å². The summed E-state index contributed by atoms with van der Waals surface area (Å²) in [6.07, 6.45) is -3.40. The number of aryl methyl sites for hydroxylation is 1. The van der Waals surface area contributed by atoms with Crippen LogP contribution < -0.4 is 0 Å². The van der Waals surface area contributed by atoms with Crippen molar-refractivity contribution in [3.63, 3.8) is 0 Å². The predicted molar refractivity (Wildman–Crippen MR) is 124 cm³/mol. The van der Waals surface area contributed by atoms with Crippen molar-refractivity contribution in [1.82, 2.24) is 14.9 Å². The standard InChI is InChI=1S/C26H20ClF4N3O/c1-13-6-7-16-12-34(25(35)18-4-3-5-19(21(18)27)26(29,30)31)24(13)23-20(16)22(32-14(2)33-23)15-8-10-17(28)11-9-15/h3-5,8-11,16,24H,1,6-7,12H2,2H3/t16?,24-/m0/s1. The lowest BCUT2D eigenvalue weighted by Crippen LogP contribution is -2.42. The molecule has 2 aliphatic heterocycles. The molecule has 1 saturated heterocycles. The van der Waals surface area contributed by atoms with Gasteiger partial charge in [-0.2, -0.15) is 13.2 Å². The van der Waals surface area contributed by atoms with E-state index in [1.165, 1.54) is 29.2 Å². The first-order chi connectivity index (χ1) is 16.6. The highest BCUT2D eigenvalue weighted by Crippen LogP contribution is 2.49. The lowest BCUT2D eigenvalue weighted by atomic mass is 9.86. The third kappa shape index (κ3) is 3.99. The van der Waals surface area contributed by atoms with Gasteiger partial charge in [-0.3, -0.25) is 4.79 Å². The van der Waals surface area contributed by atoms with Gasteiger partial charge in [0, 0.05) is 23.6 Å². The molecule has 0 saturated carbocycles. The molecular weight excluding hydrogens is 482 g/mol. The molecule has 1 aromatic heterocycles. The molecule has 1 unspecified atom stereocenters. The Kier molecular flexibility index (Phi) is 5.67. The fourth-order valence-corrected chi connectivity index (χ4v) is 5.35. The van der Waals surface area contributed by atoms with Crippen LogP contribution in [0.2, 0.25) is 5.02 Å². The van der Waals surface area contributed by atoms with Gasteiger partial charge < -0.3 is 4.90 Å². The van der Waals surface area contributed by atoms with Gasteiger partial charge in [0.2, 0.25) is 0 Å². The summed E-state index contributed by atoms with van der Waals surface area (Å²) in [5, 5.41) is -0.623. The molecule has 1 aliphatic carbocycles. The van der Waals surface area contributed by atoms with Crippen LogP contribution in [0, 0.1) is 12.7 Å². The zero-order valence-corrected chi connectivity index (χ0v) is 19.4.